The van der Waals surface area contributed by atoms with Gasteiger partial charge in [-0.3, -0.25) is 4.68 Å². The summed E-state index contributed by atoms with van der Waals surface area (Å²) < 4.78 is 49.3. The summed E-state index contributed by atoms with van der Waals surface area (Å²) in [6.45, 7) is 2.65. The highest BCUT2D eigenvalue weighted by Crippen LogP contribution is 2.39. The van der Waals surface area contributed by atoms with Crippen LogP contribution in [0, 0.1) is 12.7 Å². The van der Waals surface area contributed by atoms with Gasteiger partial charge in [0, 0.05) is 23.7 Å². The second-order valence-electron chi connectivity index (χ2n) is 7.97. The number of nitrogens with one attached hydrogen (secondary N) is 2. The van der Waals surface area contributed by atoms with Crippen molar-refractivity contribution in [2.45, 2.75) is 43.2 Å². The molecule has 2 heterocycles. The normalized spacial score (nSPS) is 19.5. The molecule has 2 N–H and O–H groups in total. The minimum absolute atomic E-state index is 0.190. The lowest BCUT2D eigenvalue weighted by Crippen LogP contribution is -2.34. The number of nitrogens with zero attached hydrogens (tertiary/aromatic N) is 2. The van der Waals surface area contributed by atoms with E-state index < -0.39 is 10.0 Å². The maximum atomic E-state index is 13.6. The topological polar surface area (TPSA) is 85.2 Å². The third-order valence-corrected chi connectivity index (χ3v) is 7.07. The van der Waals surface area contributed by atoms with Crippen LogP contribution in [0.2, 0.25) is 0 Å². The quantitative estimate of drug-likeness (QED) is 0.624. The molecule has 1 aliphatic carbocycles. The van der Waals surface area contributed by atoms with Gasteiger partial charge in [0.2, 0.25) is 10.0 Å². The van der Waals surface area contributed by atoms with Gasteiger partial charge in [-0.15, -0.1) is 0 Å². The molecule has 2 fully saturated rings. The molecule has 1 unspecified atom stereocenters. The summed E-state index contributed by atoms with van der Waals surface area (Å²) in [5.74, 6) is 0.286. The van der Waals surface area contributed by atoms with E-state index in [9.17, 15) is 12.8 Å². The number of rotatable bonds is 6. The highest BCUT2D eigenvalue weighted by Gasteiger charge is 2.29. The molecule has 2 aromatic carbocycles. The van der Waals surface area contributed by atoms with Crippen molar-refractivity contribution in [3.63, 3.8) is 0 Å². The molecule has 30 heavy (non-hydrogen) atoms. The van der Waals surface area contributed by atoms with E-state index in [2.05, 4.69) is 10.0 Å². The fraction of sp³-hybridized carbons (Fsp3) is 0.381. The molecule has 158 valence electrons. The van der Waals surface area contributed by atoms with Crippen molar-refractivity contribution >= 4 is 32.4 Å². The monoisotopic (exact) mass is 430 g/mol. The van der Waals surface area contributed by atoms with Crippen LogP contribution in [-0.4, -0.2) is 37.5 Å². The van der Waals surface area contributed by atoms with E-state index in [1.807, 2.05) is 10.7 Å². The predicted octanol–water partition coefficient (Wildman–Crippen LogP) is 3.63. The van der Waals surface area contributed by atoms with Crippen LogP contribution in [0.5, 0.6) is 0 Å². The first-order valence-corrected chi connectivity index (χ1v) is 11.5. The summed E-state index contributed by atoms with van der Waals surface area (Å²) in [5.41, 5.74) is 2.10. The van der Waals surface area contributed by atoms with E-state index in [0.717, 1.165) is 23.7 Å². The number of benzene rings is 2. The molecule has 7 nitrogen and oxygen atoms in total. The second kappa shape index (κ2) is 7.33. The Kier molecular flexibility index (Phi) is 4.76. The van der Waals surface area contributed by atoms with Gasteiger partial charge in [0.05, 0.1) is 23.1 Å². The lowest BCUT2D eigenvalue weighted by Gasteiger charge is -2.12. The van der Waals surface area contributed by atoms with Crippen LogP contribution in [0.3, 0.4) is 0 Å². The number of hydrogen-bond donors (Lipinski definition) is 2. The van der Waals surface area contributed by atoms with E-state index in [1.54, 1.807) is 31.2 Å². The van der Waals surface area contributed by atoms with Crippen LogP contribution < -0.4 is 10.0 Å². The van der Waals surface area contributed by atoms with Gasteiger partial charge in [-0.05, 0) is 68.1 Å². The Bertz CT molecular complexity index is 1210. The van der Waals surface area contributed by atoms with Crippen molar-refractivity contribution in [3.05, 3.63) is 47.8 Å². The summed E-state index contributed by atoms with van der Waals surface area (Å²) in [4.78, 5) is 0.190. The molecule has 1 atom stereocenters. The first-order valence-electron chi connectivity index (χ1n) is 10.1. The van der Waals surface area contributed by atoms with Gasteiger partial charge in [0.25, 0.3) is 0 Å². The summed E-state index contributed by atoms with van der Waals surface area (Å²) in [5, 5.41) is 8.65. The lowest BCUT2D eigenvalue weighted by atomic mass is 10.2. The van der Waals surface area contributed by atoms with Gasteiger partial charge in [-0.25, -0.2) is 17.5 Å². The third kappa shape index (κ3) is 3.68. The molecule has 2 aliphatic rings. The minimum Gasteiger partial charge on any atom is -0.380 e. The van der Waals surface area contributed by atoms with E-state index >= 15 is 0 Å². The molecule has 1 saturated carbocycles. The number of anilines is 2. The number of aryl methyl sites for hydroxylation is 1. The van der Waals surface area contributed by atoms with Crippen LogP contribution >= 0.6 is 0 Å². The number of ether oxygens (including phenoxy) is 1. The molecular formula is C21H23FN4O3S. The third-order valence-electron chi connectivity index (χ3n) is 5.55. The number of aromatic nitrogens is 2. The van der Waals surface area contributed by atoms with E-state index in [1.165, 1.54) is 6.07 Å². The van der Waals surface area contributed by atoms with Gasteiger partial charge in [0.1, 0.15) is 5.82 Å². The highest BCUT2D eigenvalue weighted by molar-refractivity contribution is 7.89. The Labute approximate surface area is 174 Å². The lowest BCUT2D eigenvalue weighted by molar-refractivity contribution is 0.192. The molecule has 9 heteroatoms. The molecule has 1 aliphatic heterocycles. The van der Waals surface area contributed by atoms with E-state index in [-0.39, 0.29) is 16.8 Å². The number of hydrogen-bond acceptors (Lipinski definition) is 5. The van der Waals surface area contributed by atoms with Crippen LogP contribution in [-0.2, 0) is 14.8 Å². The van der Waals surface area contributed by atoms with Gasteiger partial charge in [0.15, 0.2) is 5.82 Å². The molecule has 1 aromatic heterocycles. The number of sulfonamides is 1. The average Bonchev–Trinajstić information content (AvgIpc) is 3.32. The summed E-state index contributed by atoms with van der Waals surface area (Å²) in [6.07, 6.45) is 2.77. The Balaban J connectivity index is 1.54. The number of fused-ring (bicyclic) bond motifs is 1. The Morgan fingerprint density at radius 3 is 2.70 bits per heavy atom. The molecule has 0 spiro atoms. The van der Waals surface area contributed by atoms with Crippen molar-refractivity contribution in [2.24, 2.45) is 0 Å². The molecule has 0 radical (unpaired) electrons. The fourth-order valence-electron chi connectivity index (χ4n) is 3.75. The van der Waals surface area contributed by atoms with Crippen LogP contribution in [0.15, 0.2) is 41.3 Å². The standard InChI is InChI=1S/C21H23FN4O3S/c1-13-10-14(2-6-19(13)22)23-21-18-11-17(30(27,28)25-15-8-9-29-12-15)5-7-20(18)26(24-21)16-3-4-16/h2,5-7,10-11,15-16,25H,3-4,8-9,12H2,1H3,(H,23,24). The zero-order valence-corrected chi connectivity index (χ0v) is 17.4. The largest absolute Gasteiger partial charge is 0.380 e. The fourth-order valence-corrected chi connectivity index (χ4v) is 5.03. The zero-order chi connectivity index (χ0) is 20.9. The van der Waals surface area contributed by atoms with Crippen molar-refractivity contribution in [2.75, 3.05) is 18.5 Å². The van der Waals surface area contributed by atoms with Crippen LogP contribution in [0.4, 0.5) is 15.9 Å². The average molecular weight is 431 g/mol. The Hall–Kier alpha value is -2.49. The molecule has 5 rings (SSSR count). The first kappa shape index (κ1) is 19.5. The SMILES string of the molecule is Cc1cc(Nc2nn(C3CC3)c3ccc(S(=O)(=O)NC4CCOC4)cc23)ccc1F. The van der Waals surface area contributed by atoms with Gasteiger partial charge < -0.3 is 10.1 Å². The molecule has 0 bridgehead atoms. The Morgan fingerprint density at radius 2 is 2.00 bits per heavy atom. The van der Waals surface area contributed by atoms with E-state index in [0.29, 0.717) is 42.7 Å². The van der Waals surface area contributed by atoms with Crippen molar-refractivity contribution in [1.29, 1.82) is 0 Å². The van der Waals surface area contributed by atoms with Crippen LogP contribution in [0.25, 0.3) is 10.9 Å². The van der Waals surface area contributed by atoms with Gasteiger partial charge in [-0.1, -0.05) is 0 Å². The first-order chi connectivity index (χ1) is 14.4. The molecule has 1 saturated heterocycles. The maximum absolute atomic E-state index is 13.6. The van der Waals surface area contributed by atoms with Gasteiger partial charge in [-0.2, -0.15) is 5.10 Å². The predicted molar refractivity (Wildman–Crippen MR) is 112 cm³/mol. The summed E-state index contributed by atoms with van der Waals surface area (Å²) in [7, 11) is -3.68. The highest BCUT2D eigenvalue weighted by atomic mass is 32.2. The summed E-state index contributed by atoms with van der Waals surface area (Å²) >= 11 is 0. The maximum Gasteiger partial charge on any atom is 0.240 e. The van der Waals surface area contributed by atoms with Crippen LogP contribution in [0.1, 0.15) is 30.9 Å². The summed E-state index contributed by atoms with van der Waals surface area (Å²) in [6, 6.07) is 9.95. The smallest absolute Gasteiger partial charge is 0.240 e. The minimum atomic E-state index is -3.68. The molecule has 3 aromatic rings. The van der Waals surface area contributed by atoms with E-state index in [4.69, 9.17) is 9.84 Å². The van der Waals surface area contributed by atoms with Crippen molar-refractivity contribution in [3.8, 4) is 0 Å². The Morgan fingerprint density at radius 1 is 1.17 bits per heavy atom. The molecular weight excluding hydrogens is 407 g/mol. The number of halogens is 1. The molecule has 0 amide bonds. The second-order valence-corrected chi connectivity index (χ2v) is 9.69. The van der Waals surface area contributed by atoms with Gasteiger partial charge >= 0.3 is 0 Å². The van der Waals surface area contributed by atoms with Crippen molar-refractivity contribution < 1.29 is 17.5 Å². The zero-order valence-electron chi connectivity index (χ0n) is 16.6. The van der Waals surface area contributed by atoms with Crippen molar-refractivity contribution in [1.82, 2.24) is 14.5 Å².